The number of carbonyl (C=O) groups excluding carboxylic acids is 1. The van der Waals surface area contributed by atoms with Gasteiger partial charge in [0.1, 0.15) is 0 Å². The summed E-state index contributed by atoms with van der Waals surface area (Å²) in [4.78, 5) is 12.5. The fourth-order valence-corrected chi connectivity index (χ4v) is 6.90. The SMILES string of the molecule is CCN(CC(=O)NC1CCS(=O)(=O)C1)S(=O)(=O)c1c(C)cc(C)cc1C. The first-order valence-electron chi connectivity index (χ1n) is 8.54. The number of hydrogen-bond acceptors (Lipinski definition) is 5. The molecule has 7 nitrogen and oxygen atoms in total. The minimum Gasteiger partial charge on any atom is -0.351 e. The van der Waals surface area contributed by atoms with Crippen LogP contribution < -0.4 is 5.32 Å². The van der Waals surface area contributed by atoms with Gasteiger partial charge in [-0.1, -0.05) is 24.6 Å². The smallest absolute Gasteiger partial charge is 0.244 e. The molecule has 0 radical (unpaired) electrons. The molecule has 0 aliphatic carbocycles. The van der Waals surface area contributed by atoms with Gasteiger partial charge in [-0.05, 0) is 38.3 Å². The Hall–Kier alpha value is -1.45. The van der Waals surface area contributed by atoms with E-state index in [2.05, 4.69) is 5.32 Å². The Morgan fingerprint density at radius 2 is 1.81 bits per heavy atom. The lowest BCUT2D eigenvalue weighted by Crippen LogP contribution is -2.44. The Morgan fingerprint density at radius 1 is 1.23 bits per heavy atom. The van der Waals surface area contributed by atoms with Crippen LogP contribution in [0.4, 0.5) is 0 Å². The van der Waals surface area contributed by atoms with Crippen LogP contribution in [-0.4, -0.2) is 57.7 Å². The van der Waals surface area contributed by atoms with Crippen LogP contribution in [0.5, 0.6) is 0 Å². The van der Waals surface area contributed by atoms with Gasteiger partial charge in [0.15, 0.2) is 9.84 Å². The van der Waals surface area contributed by atoms with Crippen molar-refractivity contribution in [3.05, 3.63) is 28.8 Å². The van der Waals surface area contributed by atoms with E-state index in [4.69, 9.17) is 0 Å². The van der Waals surface area contributed by atoms with E-state index in [-0.39, 0.29) is 29.5 Å². The van der Waals surface area contributed by atoms with Crippen LogP contribution in [0.2, 0.25) is 0 Å². The van der Waals surface area contributed by atoms with E-state index < -0.39 is 31.8 Å². The molecule has 1 saturated heterocycles. The number of aryl methyl sites for hydroxylation is 3. The summed E-state index contributed by atoms with van der Waals surface area (Å²) in [6, 6.07) is 3.16. The zero-order valence-electron chi connectivity index (χ0n) is 15.6. The van der Waals surface area contributed by atoms with Crippen molar-refractivity contribution in [3.63, 3.8) is 0 Å². The summed E-state index contributed by atoms with van der Waals surface area (Å²) in [6.07, 6.45) is 0.364. The average molecular weight is 403 g/mol. The molecule has 146 valence electrons. The summed E-state index contributed by atoms with van der Waals surface area (Å²) in [7, 11) is -6.93. The number of sulfonamides is 1. The van der Waals surface area contributed by atoms with Gasteiger partial charge in [-0.15, -0.1) is 0 Å². The van der Waals surface area contributed by atoms with E-state index in [0.29, 0.717) is 17.5 Å². The Labute approximate surface area is 155 Å². The van der Waals surface area contributed by atoms with E-state index >= 15 is 0 Å². The number of likely N-dealkylation sites (N-methyl/N-ethyl adjacent to an activating group) is 1. The largest absolute Gasteiger partial charge is 0.351 e. The maximum absolute atomic E-state index is 13.0. The van der Waals surface area contributed by atoms with Gasteiger partial charge in [-0.3, -0.25) is 4.79 Å². The molecule has 1 aromatic carbocycles. The molecular formula is C17H26N2O5S2. The molecule has 0 saturated carbocycles. The molecule has 0 spiro atoms. The molecule has 0 bridgehead atoms. The van der Waals surface area contributed by atoms with Gasteiger partial charge in [0, 0.05) is 12.6 Å². The standard InChI is InChI=1S/C17H26N2O5S2/c1-5-19(10-16(20)18-15-6-7-25(21,22)11-15)26(23,24)17-13(3)8-12(2)9-14(17)4/h8-9,15H,5-7,10-11H2,1-4H3,(H,18,20). The van der Waals surface area contributed by atoms with Crippen molar-refractivity contribution < 1.29 is 21.6 Å². The van der Waals surface area contributed by atoms with Crippen LogP contribution in [0.1, 0.15) is 30.0 Å². The number of benzene rings is 1. The second-order valence-corrected chi connectivity index (χ2v) is 10.9. The van der Waals surface area contributed by atoms with Crippen LogP contribution in [0, 0.1) is 20.8 Å². The Bertz CT molecular complexity index is 884. The van der Waals surface area contributed by atoms with Crippen molar-refractivity contribution in [2.75, 3.05) is 24.6 Å². The van der Waals surface area contributed by atoms with E-state index in [0.717, 1.165) is 9.87 Å². The molecule has 0 aromatic heterocycles. The average Bonchev–Trinajstić information content (AvgIpc) is 2.81. The summed E-state index contributed by atoms with van der Waals surface area (Å²) < 4.78 is 50.2. The van der Waals surface area contributed by atoms with Crippen molar-refractivity contribution in [2.45, 2.75) is 45.1 Å². The number of nitrogens with one attached hydrogen (secondary N) is 1. The third kappa shape index (κ3) is 4.63. The van der Waals surface area contributed by atoms with Gasteiger partial charge in [0.25, 0.3) is 0 Å². The molecule has 9 heteroatoms. The summed E-state index contributed by atoms with van der Waals surface area (Å²) >= 11 is 0. The van der Waals surface area contributed by atoms with Gasteiger partial charge in [-0.2, -0.15) is 4.31 Å². The lowest BCUT2D eigenvalue weighted by Gasteiger charge is -2.23. The fraction of sp³-hybridized carbons (Fsp3) is 0.588. The van der Waals surface area contributed by atoms with E-state index in [1.54, 1.807) is 32.9 Å². The maximum atomic E-state index is 13.0. The van der Waals surface area contributed by atoms with Crippen LogP contribution in [0.25, 0.3) is 0 Å². The lowest BCUT2D eigenvalue weighted by atomic mass is 10.1. The number of carbonyl (C=O) groups is 1. The molecule has 1 heterocycles. The first-order valence-corrected chi connectivity index (χ1v) is 11.8. The highest BCUT2D eigenvalue weighted by molar-refractivity contribution is 7.91. The lowest BCUT2D eigenvalue weighted by molar-refractivity contribution is -0.121. The van der Waals surface area contributed by atoms with Crippen molar-refractivity contribution in [3.8, 4) is 0 Å². The second-order valence-electron chi connectivity index (χ2n) is 6.83. The van der Waals surface area contributed by atoms with Crippen molar-refractivity contribution in [1.82, 2.24) is 9.62 Å². The first kappa shape index (κ1) is 20.9. The minimum atomic E-state index is -3.83. The highest BCUT2D eigenvalue weighted by Crippen LogP contribution is 2.25. The van der Waals surface area contributed by atoms with E-state index in [1.165, 1.54) is 0 Å². The maximum Gasteiger partial charge on any atom is 0.244 e. The molecule has 1 amide bonds. The van der Waals surface area contributed by atoms with Crippen molar-refractivity contribution in [2.24, 2.45) is 0 Å². The topological polar surface area (TPSA) is 101 Å². The Kier molecular flexibility index (Phi) is 6.14. The molecule has 1 fully saturated rings. The molecule has 1 atom stereocenters. The van der Waals surface area contributed by atoms with Gasteiger partial charge in [0.05, 0.1) is 22.9 Å². The van der Waals surface area contributed by atoms with Gasteiger partial charge >= 0.3 is 0 Å². The van der Waals surface area contributed by atoms with Gasteiger partial charge < -0.3 is 5.32 Å². The number of hydrogen-bond donors (Lipinski definition) is 1. The number of nitrogens with zero attached hydrogens (tertiary/aromatic N) is 1. The Balaban J connectivity index is 2.18. The highest BCUT2D eigenvalue weighted by atomic mass is 32.2. The Morgan fingerprint density at radius 3 is 2.27 bits per heavy atom. The first-order chi connectivity index (χ1) is 12.0. The summed E-state index contributed by atoms with van der Waals surface area (Å²) in [5.41, 5.74) is 2.26. The predicted octanol–water partition coefficient (Wildman–Crippen LogP) is 0.926. The van der Waals surface area contributed by atoms with Crippen LogP contribution in [0.15, 0.2) is 17.0 Å². The monoisotopic (exact) mass is 402 g/mol. The third-order valence-electron chi connectivity index (χ3n) is 4.47. The van der Waals surface area contributed by atoms with Gasteiger partial charge in [0.2, 0.25) is 15.9 Å². The molecule has 1 unspecified atom stereocenters. The summed E-state index contributed by atoms with van der Waals surface area (Å²) in [5.74, 6) is -0.525. The third-order valence-corrected chi connectivity index (χ3v) is 8.47. The molecule has 1 aromatic rings. The zero-order valence-corrected chi connectivity index (χ0v) is 17.2. The number of rotatable bonds is 6. The number of sulfone groups is 1. The van der Waals surface area contributed by atoms with Crippen LogP contribution in [-0.2, 0) is 24.7 Å². The normalized spacial score (nSPS) is 19.7. The summed E-state index contributed by atoms with van der Waals surface area (Å²) in [5, 5.41) is 2.64. The highest BCUT2D eigenvalue weighted by Gasteiger charge is 2.32. The van der Waals surface area contributed by atoms with Crippen LogP contribution in [0.3, 0.4) is 0 Å². The van der Waals surface area contributed by atoms with Crippen molar-refractivity contribution in [1.29, 1.82) is 0 Å². The van der Waals surface area contributed by atoms with Gasteiger partial charge in [-0.25, -0.2) is 16.8 Å². The predicted molar refractivity (Wildman–Crippen MR) is 100 cm³/mol. The molecule has 26 heavy (non-hydrogen) atoms. The molecule has 2 rings (SSSR count). The van der Waals surface area contributed by atoms with E-state index in [9.17, 15) is 21.6 Å². The molecule has 1 N–H and O–H groups in total. The van der Waals surface area contributed by atoms with Crippen LogP contribution >= 0.6 is 0 Å². The minimum absolute atomic E-state index is 0.0511. The summed E-state index contributed by atoms with van der Waals surface area (Å²) in [6.45, 7) is 6.86. The fourth-order valence-electron chi connectivity index (χ4n) is 3.41. The number of amides is 1. The molecular weight excluding hydrogens is 376 g/mol. The zero-order chi connectivity index (χ0) is 19.7. The van der Waals surface area contributed by atoms with E-state index in [1.807, 2.05) is 6.92 Å². The second kappa shape index (κ2) is 7.66. The van der Waals surface area contributed by atoms with Crippen molar-refractivity contribution >= 4 is 25.8 Å². The molecule has 1 aliphatic rings. The molecule has 1 aliphatic heterocycles. The quantitative estimate of drug-likeness (QED) is 0.763.